The molecule has 40 heavy (non-hydrogen) atoms. The van der Waals surface area contributed by atoms with E-state index in [0.717, 1.165) is 53.5 Å². The van der Waals surface area contributed by atoms with Gasteiger partial charge in [0.15, 0.2) is 0 Å². The zero-order valence-corrected chi connectivity index (χ0v) is 23.8. The number of nitrogens with zero attached hydrogens (tertiary/aromatic N) is 7. The van der Waals surface area contributed by atoms with Gasteiger partial charge in [-0.05, 0) is 86.2 Å². The van der Waals surface area contributed by atoms with E-state index in [1.165, 1.54) is 27.4 Å². The summed E-state index contributed by atoms with van der Waals surface area (Å²) < 4.78 is 49.3. The monoisotopic (exact) mass is 567 g/mol. The molecule has 212 valence electrons. The third kappa shape index (κ3) is 5.05. The summed E-state index contributed by atoms with van der Waals surface area (Å²) in [6, 6.07) is 10.3. The number of halogens is 1. The van der Waals surface area contributed by atoms with Gasteiger partial charge in [-0.15, -0.1) is 5.10 Å². The lowest BCUT2D eigenvalue weighted by Gasteiger charge is -2.43. The van der Waals surface area contributed by atoms with E-state index in [-0.39, 0.29) is 16.9 Å². The number of rotatable bonds is 8. The number of piperazine rings is 1. The maximum absolute atomic E-state index is 13.5. The quantitative estimate of drug-likeness (QED) is 0.322. The van der Waals surface area contributed by atoms with Crippen LogP contribution in [0.15, 0.2) is 53.8 Å². The van der Waals surface area contributed by atoms with Crippen molar-refractivity contribution in [3.05, 3.63) is 65.7 Å². The second-order valence-electron chi connectivity index (χ2n) is 10.9. The van der Waals surface area contributed by atoms with Crippen LogP contribution in [0.4, 0.5) is 4.39 Å². The lowest BCUT2D eigenvalue weighted by molar-refractivity contribution is -0.00784. The Morgan fingerprint density at radius 2 is 1.85 bits per heavy atom. The standard InChI is InChI=1S/C28H34FN7O3S/c1-19-12-26-21(16-31-36(26)23-6-4-22(29)5-7-23)15-25(19)27-18-35(40(37,38)28-17-30-33(2)32-28)11-10-34(27)9-8-20-13-24(14-20)39-3/h4-7,12,15-17,20,24,27H,8-11,13-14,18H2,1-3H3/t20?,24?,27-/m0/s1. The zero-order chi connectivity index (χ0) is 28.0. The summed E-state index contributed by atoms with van der Waals surface area (Å²) in [5, 5.41) is 13.5. The van der Waals surface area contributed by atoms with Gasteiger partial charge in [0.1, 0.15) is 5.82 Å². The summed E-state index contributed by atoms with van der Waals surface area (Å²) in [5.41, 5.74) is 3.82. The van der Waals surface area contributed by atoms with Gasteiger partial charge in [-0.3, -0.25) is 4.90 Å². The van der Waals surface area contributed by atoms with Crippen LogP contribution >= 0.6 is 0 Å². The van der Waals surface area contributed by atoms with Gasteiger partial charge in [0.25, 0.3) is 10.0 Å². The number of sulfonamides is 1. The third-order valence-electron chi connectivity index (χ3n) is 8.37. The van der Waals surface area contributed by atoms with Crippen molar-refractivity contribution in [1.82, 2.24) is 34.0 Å². The zero-order valence-electron chi connectivity index (χ0n) is 22.9. The van der Waals surface area contributed by atoms with Crippen LogP contribution in [-0.2, 0) is 21.8 Å². The third-order valence-corrected chi connectivity index (χ3v) is 10.1. The summed E-state index contributed by atoms with van der Waals surface area (Å²) in [5.74, 6) is 0.334. The second kappa shape index (κ2) is 10.7. The molecular formula is C28H34FN7O3S. The molecule has 0 bridgehead atoms. The molecular weight excluding hydrogens is 533 g/mol. The van der Waals surface area contributed by atoms with Crippen LogP contribution in [0.25, 0.3) is 16.6 Å². The van der Waals surface area contributed by atoms with Crippen molar-refractivity contribution in [2.75, 3.05) is 33.3 Å². The van der Waals surface area contributed by atoms with Crippen molar-refractivity contribution in [3.63, 3.8) is 0 Å². The molecule has 2 aromatic carbocycles. The lowest BCUT2D eigenvalue weighted by Crippen LogP contribution is -2.51. The lowest BCUT2D eigenvalue weighted by atomic mass is 9.80. The molecule has 1 atom stereocenters. The van der Waals surface area contributed by atoms with Crippen LogP contribution in [0.2, 0.25) is 0 Å². The molecule has 12 heteroatoms. The molecule has 2 aliphatic rings. The van der Waals surface area contributed by atoms with E-state index in [4.69, 9.17) is 4.74 Å². The highest BCUT2D eigenvalue weighted by Crippen LogP contribution is 2.36. The fraction of sp³-hybridized carbons (Fsp3) is 0.464. The van der Waals surface area contributed by atoms with Gasteiger partial charge < -0.3 is 4.74 Å². The van der Waals surface area contributed by atoms with Gasteiger partial charge in [-0.2, -0.15) is 19.3 Å². The first-order valence-electron chi connectivity index (χ1n) is 13.6. The van der Waals surface area contributed by atoms with Crippen molar-refractivity contribution in [2.24, 2.45) is 13.0 Å². The van der Waals surface area contributed by atoms with Crippen LogP contribution < -0.4 is 0 Å². The summed E-state index contributed by atoms with van der Waals surface area (Å²) in [6.45, 7) is 4.28. The molecule has 2 aromatic heterocycles. The van der Waals surface area contributed by atoms with Crippen LogP contribution in [0, 0.1) is 18.7 Å². The molecule has 1 aliphatic carbocycles. The van der Waals surface area contributed by atoms with E-state index in [2.05, 4.69) is 39.3 Å². The van der Waals surface area contributed by atoms with Gasteiger partial charge in [-0.1, -0.05) is 0 Å². The van der Waals surface area contributed by atoms with Gasteiger partial charge >= 0.3 is 0 Å². The number of hydrogen-bond acceptors (Lipinski definition) is 7. The van der Waals surface area contributed by atoms with E-state index >= 15 is 0 Å². The number of ether oxygens (including phenoxy) is 1. The highest BCUT2D eigenvalue weighted by Gasteiger charge is 2.38. The number of hydrogen-bond donors (Lipinski definition) is 0. The van der Waals surface area contributed by atoms with Gasteiger partial charge in [0, 0.05) is 45.2 Å². The van der Waals surface area contributed by atoms with Crippen molar-refractivity contribution < 1.29 is 17.5 Å². The molecule has 3 heterocycles. The molecule has 6 rings (SSSR count). The Labute approximate surface area is 233 Å². The molecule has 0 spiro atoms. The van der Waals surface area contributed by atoms with E-state index in [0.29, 0.717) is 31.7 Å². The highest BCUT2D eigenvalue weighted by molar-refractivity contribution is 7.89. The minimum absolute atomic E-state index is 0.0324. The van der Waals surface area contributed by atoms with Gasteiger partial charge in [0.2, 0.25) is 5.03 Å². The number of benzene rings is 2. The first kappa shape index (κ1) is 27.0. The van der Waals surface area contributed by atoms with Crippen molar-refractivity contribution >= 4 is 20.9 Å². The number of methoxy groups -OCH3 is 1. The molecule has 1 aliphatic heterocycles. The Bertz CT molecular complexity index is 1610. The average molecular weight is 568 g/mol. The topological polar surface area (TPSA) is 98.4 Å². The average Bonchev–Trinajstić information content (AvgIpc) is 3.54. The minimum Gasteiger partial charge on any atom is -0.381 e. The molecule has 0 unspecified atom stereocenters. The number of aromatic nitrogens is 5. The smallest absolute Gasteiger partial charge is 0.264 e. The van der Waals surface area contributed by atoms with Crippen LogP contribution in [0.5, 0.6) is 0 Å². The van der Waals surface area contributed by atoms with E-state index in [1.54, 1.807) is 31.0 Å². The predicted molar refractivity (Wildman–Crippen MR) is 148 cm³/mol. The summed E-state index contributed by atoms with van der Waals surface area (Å²) in [7, 11) is -0.404. The first-order valence-corrected chi connectivity index (χ1v) is 15.0. The number of fused-ring (bicyclic) bond motifs is 1. The Morgan fingerprint density at radius 3 is 2.55 bits per heavy atom. The maximum atomic E-state index is 13.5. The maximum Gasteiger partial charge on any atom is 0.264 e. The van der Waals surface area contributed by atoms with Crippen molar-refractivity contribution in [1.29, 1.82) is 0 Å². The fourth-order valence-electron chi connectivity index (χ4n) is 5.95. The van der Waals surface area contributed by atoms with Crippen LogP contribution in [-0.4, -0.2) is 81.8 Å². The fourth-order valence-corrected chi connectivity index (χ4v) is 7.27. The largest absolute Gasteiger partial charge is 0.381 e. The second-order valence-corrected chi connectivity index (χ2v) is 12.8. The van der Waals surface area contributed by atoms with Crippen LogP contribution in [0.1, 0.15) is 36.4 Å². The first-order chi connectivity index (χ1) is 19.2. The Kier molecular flexibility index (Phi) is 7.19. The molecule has 2 fully saturated rings. The summed E-state index contributed by atoms with van der Waals surface area (Å²) in [4.78, 5) is 3.69. The van der Waals surface area contributed by atoms with Crippen molar-refractivity contribution in [2.45, 2.75) is 43.4 Å². The van der Waals surface area contributed by atoms with Gasteiger partial charge in [0.05, 0.1) is 29.7 Å². The Morgan fingerprint density at radius 1 is 1.07 bits per heavy atom. The molecule has 0 N–H and O–H groups in total. The summed E-state index contributed by atoms with van der Waals surface area (Å²) in [6.07, 6.45) is 6.68. The highest BCUT2D eigenvalue weighted by atomic mass is 32.2. The normalized spacial score (nSPS) is 22.6. The van der Waals surface area contributed by atoms with E-state index < -0.39 is 10.0 Å². The predicted octanol–water partition coefficient (Wildman–Crippen LogP) is 3.46. The molecule has 0 amide bonds. The van der Waals surface area contributed by atoms with E-state index in [9.17, 15) is 12.8 Å². The Hall–Kier alpha value is -3.19. The molecule has 1 saturated carbocycles. The Balaban J connectivity index is 1.32. The molecule has 10 nitrogen and oxygen atoms in total. The molecule has 0 radical (unpaired) electrons. The SMILES string of the molecule is COC1CC(CCN2CCN(S(=O)(=O)c3cnn(C)n3)C[C@H]2c2cc3cnn(-c4ccc(F)cc4)c3cc2C)C1. The molecule has 4 aromatic rings. The van der Waals surface area contributed by atoms with E-state index in [1.807, 2.05) is 6.20 Å². The van der Waals surface area contributed by atoms with Crippen molar-refractivity contribution in [3.8, 4) is 5.69 Å². The number of aryl methyl sites for hydroxylation is 2. The van der Waals surface area contributed by atoms with Gasteiger partial charge in [-0.25, -0.2) is 17.5 Å². The van der Waals surface area contributed by atoms with Crippen LogP contribution in [0.3, 0.4) is 0 Å². The minimum atomic E-state index is -3.78. The summed E-state index contributed by atoms with van der Waals surface area (Å²) >= 11 is 0. The molecule has 1 saturated heterocycles.